The molecule has 146 valence electrons. The highest BCUT2D eigenvalue weighted by atomic mass is 79.9. The van der Waals surface area contributed by atoms with Crippen LogP contribution in [0.5, 0.6) is 5.75 Å². The van der Waals surface area contributed by atoms with Gasteiger partial charge in [0.1, 0.15) is 5.75 Å². The average molecular weight is 445 g/mol. The highest BCUT2D eigenvalue weighted by Gasteiger charge is 2.34. The Morgan fingerprint density at radius 3 is 2.52 bits per heavy atom. The van der Waals surface area contributed by atoms with Gasteiger partial charge in [-0.05, 0) is 52.7 Å². The topological polar surface area (TPSA) is 41.6 Å². The van der Waals surface area contributed by atoms with Crippen LogP contribution in [0.2, 0.25) is 0 Å². The molecule has 0 spiro atoms. The predicted molar refractivity (Wildman–Crippen MR) is 103 cm³/mol. The normalized spacial score (nSPS) is 11.2. The SMILES string of the molecule is CN(C)c1ccc(NC(=O)CCCOc2ccccc2Br)c(C(F)(F)F)c1. The zero-order valence-electron chi connectivity index (χ0n) is 14.9. The van der Waals surface area contributed by atoms with E-state index in [1.54, 1.807) is 25.1 Å². The molecule has 1 amide bonds. The fraction of sp³-hybridized carbons (Fsp3) is 0.316. The first-order valence-corrected chi connectivity index (χ1v) is 9.03. The molecule has 0 atom stereocenters. The molecule has 0 bridgehead atoms. The number of rotatable bonds is 7. The smallest absolute Gasteiger partial charge is 0.418 e. The first kappa shape index (κ1) is 21.1. The van der Waals surface area contributed by atoms with Gasteiger partial charge in [-0.15, -0.1) is 0 Å². The Morgan fingerprint density at radius 1 is 1.19 bits per heavy atom. The van der Waals surface area contributed by atoms with Crippen LogP contribution in [0.4, 0.5) is 24.5 Å². The van der Waals surface area contributed by atoms with Crippen molar-refractivity contribution in [3.05, 3.63) is 52.5 Å². The number of nitrogens with zero attached hydrogens (tertiary/aromatic N) is 1. The zero-order chi connectivity index (χ0) is 20.0. The third-order valence-electron chi connectivity index (χ3n) is 3.74. The van der Waals surface area contributed by atoms with Crippen LogP contribution in [0.15, 0.2) is 46.9 Å². The molecule has 0 saturated carbocycles. The number of ether oxygens (including phenoxy) is 1. The van der Waals surface area contributed by atoms with Gasteiger partial charge >= 0.3 is 6.18 Å². The number of carbonyl (C=O) groups is 1. The summed E-state index contributed by atoms with van der Waals surface area (Å²) in [5.41, 5.74) is -0.710. The van der Waals surface area contributed by atoms with E-state index in [4.69, 9.17) is 4.74 Å². The van der Waals surface area contributed by atoms with Gasteiger partial charge in [0, 0.05) is 26.2 Å². The molecule has 0 fully saturated rings. The van der Waals surface area contributed by atoms with Crippen LogP contribution in [0.25, 0.3) is 0 Å². The van der Waals surface area contributed by atoms with Crippen molar-refractivity contribution in [1.82, 2.24) is 0 Å². The first-order valence-electron chi connectivity index (χ1n) is 8.24. The number of hydrogen-bond donors (Lipinski definition) is 1. The summed E-state index contributed by atoms with van der Waals surface area (Å²) in [6.07, 6.45) is -4.13. The van der Waals surface area contributed by atoms with Gasteiger partial charge in [0.15, 0.2) is 0 Å². The summed E-state index contributed by atoms with van der Waals surface area (Å²) < 4.78 is 46.2. The second-order valence-electron chi connectivity index (χ2n) is 6.05. The van der Waals surface area contributed by atoms with E-state index in [2.05, 4.69) is 21.2 Å². The van der Waals surface area contributed by atoms with Gasteiger partial charge in [0.2, 0.25) is 5.91 Å². The van der Waals surface area contributed by atoms with Crippen LogP contribution < -0.4 is 15.0 Å². The molecular formula is C19H20BrF3N2O2. The first-order chi connectivity index (χ1) is 12.7. The van der Waals surface area contributed by atoms with E-state index in [1.807, 2.05) is 18.2 Å². The molecular weight excluding hydrogens is 425 g/mol. The molecule has 0 saturated heterocycles. The minimum Gasteiger partial charge on any atom is -0.492 e. The minimum absolute atomic E-state index is 0.0528. The zero-order valence-corrected chi connectivity index (χ0v) is 16.5. The van der Waals surface area contributed by atoms with Gasteiger partial charge in [0.25, 0.3) is 0 Å². The number of anilines is 2. The lowest BCUT2D eigenvalue weighted by Crippen LogP contribution is -2.18. The van der Waals surface area contributed by atoms with E-state index in [9.17, 15) is 18.0 Å². The Morgan fingerprint density at radius 2 is 1.89 bits per heavy atom. The summed E-state index contributed by atoms with van der Waals surface area (Å²) in [5, 5.41) is 2.35. The number of amides is 1. The van der Waals surface area contributed by atoms with Gasteiger partial charge < -0.3 is 15.0 Å². The molecule has 1 N–H and O–H groups in total. The van der Waals surface area contributed by atoms with E-state index >= 15 is 0 Å². The van der Waals surface area contributed by atoms with Crippen LogP contribution in [0, 0.1) is 0 Å². The molecule has 4 nitrogen and oxygen atoms in total. The quantitative estimate of drug-likeness (QED) is 0.586. The van der Waals surface area contributed by atoms with Crippen molar-refractivity contribution in [2.24, 2.45) is 0 Å². The van der Waals surface area contributed by atoms with Crippen LogP contribution in [0.1, 0.15) is 18.4 Å². The van der Waals surface area contributed by atoms with Gasteiger partial charge in [0.05, 0.1) is 22.3 Å². The Hall–Kier alpha value is -2.22. The van der Waals surface area contributed by atoms with Crippen molar-refractivity contribution in [3.63, 3.8) is 0 Å². The molecule has 0 aromatic heterocycles. The van der Waals surface area contributed by atoms with E-state index in [1.165, 1.54) is 12.1 Å². The van der Waals surface area contributed by atoms with Gasteiger partial charge in [-0.1, -0.05) is 12.1 Å². The molecule has 2 aromatic rings. The van der Waals surface area contributed by atoms with Crippen LogP contribution in [-0.2, 0) is 11.0 Å². The number of hydrogen-bond acceptors (Lipinski definition) is 3. The van der Waals surface area contributed by atoms with Crippen molar-refractivity contribution in [2.45, 2.75) is 19.0 Å². The lowest BCUT2D eigenvalue weighted by Gasteiger charge is -2.18. The maximum Gasteiger partial charge on any atom is 0.418 e. The predicted octanol–water partition coefficient (Wildman–Crippen LogP) is 5.33. The summed E-state index contributed by atoms with van der Waals surface area (Å²) in [5.74, 6) is 0.158. The van der Waals surface area contributed by atoms with Crippen molar-refractivity contribution in [1.29, 1.82) is 0 Å². The van der Waals surface area contributed by atoms with Gasteiger partial charge in [-0.25, -0.2) is 0 Å². The maximum atomic E-state index is 13.3. The van der Waals surface area contributed by atoms with Crippen LogP contribution in [-0.4, -0.2) is 26.6 Å². The molecule has 2 aromatic carbocycles. The summed E-state index contributed by atoms with van der Waals surface area (Å²) in [7, 11) is 3.30. The fourth-order valence-corrected chi connectivity index (χ4v) is 2.74. The lowest BCUT2D eigenvalue weighted by atomic mass is 10.1. The largest absolute Gasteiger partial charge is 0.492 e. The minimum atomic E-state index is -4.56. The lowest BCUT2D eigenvalue weighted by molar-refractivity contribution is -0.136. The Bertz CT molecular complexity index is 795. The molecule has 0 unspecified atom stereocenters. The summed E-state index contributed by atoms with van der Waals surface area (Å²) in [6, 6.07) is 11.1. The monoisotopic (exact) mass is 444 g/mol. The number of benzene rings is 2. The number of halogens is 4. The van der Waals surface area contributed by atoms with Crippen LogP contribution >= 0.6 is 15.9 Å². The van der Waals surface area contributed by atoms with E-state index in [0.29, 0.717) is 17.9 Å². The van der Waals surface area contributed by atoms with Crippen molar-refractivity contribution in [2.75, 3.05) is 30.9 Å². The summed E-state index contributed by atoms with van der Waals surface area (Å²) in [6.45, 7) is 0.279. The second kappa shape index (κ2) is 9.12. The molecule has 0 aliphatic heterocycles. The van der Waals surface area contributed by atoms with Crippen LogP contribution in [0.3, 0.4) is 0 Å². The van der Waals surface area contributed by atoms with Gasteiger partial charge in [-0.3, -0.25) is 4.79 Å². The molecule has 0 heterocycles. The standard InChI is InChI=1S/C19H20BrF3N2O2/c1-25(2)13-9-10-16(14(12-13)19(21,22)23)24-18(26)8-5-11-27-17-7-4-3-6-15(17)20/h3-4,6-7,9-10,12H,5,8,11H2,1-2H3,(H,24,26). The highest BCUT2D eigenvalue weighted by Crippen LogP contribution is 2.37. The van der Waals surface area contributed by atoms with E-state index < -0.39 is 17.6 Å². The molecule has 0 aliphatic carbocycles. The second-order valence-corrected chi connectivity index (χ2v) is 6.91. The molecule has 2 rings (SSSR count). The van der Waals surface area contributed by atoms with E-state index in [0.717, 1.165) is 10.5 Å². The maximum absolute atomic E-state index is 13.3. The third-order valence-corrected chi connectivity index (χ3v) is 4.40. The molecule has 8 heteroatoms. The number of alkyl halides is 3. The fourth-order valence-electron chi connectivity index (χ4n) is 2.34. The van der Waals surface area contributed by atoms with Crippen molar-refractivity contribution < 1.29 is 22.7 Å². The summed E-state index contributed by atoms with van der Waals surface area (Å²) in [4.78, 5) is 13.6. The van der Waals surface area contributed by atoms with Crippen molar-refractivity contribution >= 4 is 33.2 Å². The average Bonchev–Trinajstić information content (AvgIpc) is 2.59. The highest BCUT2D eigenvalue weighted by molar-refractivity contribution is 9.10. The Labute approximate surface area is 164 Å². The Kier molecular flexibility index (Phi) is 7.12. The number of para-hydroxylation sites is 1. The third kappa shape index (κ3) is 6.16. The molecule has 0 radical (unpaired) electrons. The van der Waals surface area contributed by atoms with E-state index in [-0.39, 0.29) is 18.7 Å². The molecule has 27 heavy (non-hydrogen) atoms. The number of nitrogens with one attached hydrogen (secondary N) is 1. The van der Waals surface area contributed by atoms with Gasteiger partial charge in [-0.2, -0.15) is 13.2 Å². The molecule has 0 aliphatic rings. The number of carbonyl (C=O) groups excluding carboxylic acids is 1. The van der Waals surface area contributed by atoms with Crippen molar-refractivity contribution in [3.8, 4) is 5.75 Å². The Balaban J connectivity index is 1.94. The summed E-state index contributed by atoms with van der Waals surface area (Å²) >= 11 is 3.35.